The van der Waals surface area contributed by atoms with Crippen LogP contribution in [0.25, 0.3) is 0 Å². The monoisotopic (exact) mass is 2000 g/mol. The molecule has 129 heavy (non-hydrogen) atoms. The highest BCUT2D eigenvalue weighted by Crippen LogP contribution is 2.62. The van der Waals surface area contributed by atoms with Crippen LogP contribution in [0.15, 0.2) is 74.4 Å². The average molecular weight is 2000 g/mol. The molecule has 30 nitrogen and oxygen atoms in total. The van der Waals surface area contributed by atoms with Crippen LogP contribution >= 0.6 is 0 Å². The Morgan fingerprint density at radius 1 is 0.302 bits per heavy atom. The van der Waals surface area contributed by atoms with Gasteiger partial charge >= 0.3 is 129 Å². The maximum atomic E-state index is 12.8. The second-order valence-electron chi connectivity index (χ2n) is 36.2. The molecule has 0 saturated heterocycles. The van der Waals surface area contributed by atoms with Crippen LogP contribution in [0.1, 0.15) is 175 Å². The molecule has 16 saturated carbocycles. The molecule has 54 heteroatoms. The van der Waals surface area contributed by atoms with E-state index in [0.717, 1.165) is 31.1 Å². The highest BCUT2D eigenvalue weighted by molar-refractivity contribution is 7.91. The van der Waals surface area contributed by atoms with E-state index in [1.165, 1.54) is 20.8 Å². The molecule has 16 rings (SSSR count). The largest absolute Gasteiger partial charge is 0.511 e. The van der Waals surface area contributed by atoms with Crippen molar-refractivity contribution in [3.05, 3.63) is 74.4 Å². The lowest BCUT2D eigenvalue weighted by Gasteiger charge is -2.61. The summed E-state index contributed by atoms with van der Waals surface area (Å²) in [7, 11) is -32.3. The summed E-state index contributed by atoms with van der Waals surface area (Å²) in [6.45, 7) is 24.7. The first-order chi connectivity index (χ1) is 58.6. The van der Waals surface area contributed by atoms with Gasteiger partial charge in [-0.25, -0.2) is 108 Å². The molecule has 6 N–H and O–H groups in total. The molecule has 16 fully saturated rings. The number of alkyl halides is 18. The number of rotatable bonds is 24. The van der Waals surface area contributed by atoms with Crippen molar-refractivity contribution < 1.29 is 187 Å². The Morgan fingerprint density at radius 2 is 0.581 bits per heavy atom. The molecule has 16 aliphatic carbocycles. The van der Waals surface area contributed by atoms with Crippen LogP contribution in [0.3, 0.4) is 0 Å². The van der Waals surface area contributed by atoms with E-state index in [2.05, 4.69) is 39.5 Å². The van der Waals surface area contributed by atoms with Crippen molar-refractivity contribution in [2.75, 3.05) is 0 Å². The van der Waals surface area contributed by atoms with Crippen LogP contribution < -0.4 is 28.3 Å². The zero-order valence-corrected chi connectivity index (χ0v) is 73.9. The molecule has 0 aromatic heterocycles. The molecule has 0 amide bonds. The van der Waals surface area contributed by atoms with Gasteiger partial charge in [0.2, 0.25) is 0 Å². The lowest BCUT2D eigenvalue weighted by atomic mass is 9.51. The van der Waals surface area contributed by atoms with Gasteiger partial charge < -0.3 is 28.4 Å². The molecular weight excluding hydrogens is 1900 g/mol. The molecule has 0 radical (unpaired) electrons. The number of halogens is 18. The van der Waals surface area contributed by atoms with Crippen LogP contribution in [0, 0.1) is 71.0 Å². The minimum Gasteiger partial charge on any atom is -0.459 e. The van der Waals surface area contributed by atoms with Gasteiger partial charge in [-0.3, -0.25) is 0 Å². The van der Waals surface area contributed by atoms with Gasteiger partial charge in [0, 0.05) is 94.9 Å². The van der Waals surface area contributed by atoms with Crippen molar-refractivity contribution in [1.82, 2.24) is 28.3 Å². The molecular formula is C75H98F18N6O24S6. The Hall–Kier alpha value is -6.54. The molecule has 0 aromatic carbocycles. The van der Waals surface area contributed by atoms with Gasteiger partial charge in [0.25, 0.3) is 0 Å². The maximum absolute atomic E-state index is 12.8. The summed E-state index contributed by atoms with van der Waals surface area (Å²) >= 11 is 0. The Morgan fingerprint density at radius 3 is 0.860 bits per heavy atom. The molecule has 0 heterocycles. The number of hydrogen-bond donors (Lipinski definition) is 6. The Bertz CT molecular complexity index is 5040. The van der Waals surface area contributed by atoms with Crippen LogP contribution in [-0.4, -0.2) is 190 Å². The summed E-state index contributed by atoms with van der Waals surface area (Å²) in [5, 5.41) is 0. The SMILES string of the molecule is C=C(C)C(=O)OC12CC3CC(CC(NS(=O)(=O)C(F)(F)F)(C3)C1)C2.C=C(C)C(=O)OC1CC2CC(NS(=O)(=O)C(F)(F)F)C1C2.C=C(C)C(=O)OC1CC2CC1CC2NS(=O)(=O)C(F)(F)F.C=CC(=O)OC12CC3CC(CC(NS(=O)(=O)C(F)(F)F)(C3)C1)C2.C=CC(=O)OC1CC2CC(NS(=O)(=O)C(F)(F)F)C1C2.C=CC(=O)OC1CC2CC1CC2NS(=O)(=O)C(F)(F)F. The highest BCUT2D eigenvalue weighted by atomic mass is 32.2. The fraction of sp³-hybridized carbons (Fsp3) is 0.760. The van der Waals surface area contributed by atoms with E-state index in [9.17, 15) is 158 Å². The second-order valence-corrected chi connectivity index (χ2v) is 46.3. The normalized spacial score (nSPS) is 34.9. The molecule has 16 bridgehead atoms. The van der Waals surface area contributed by atoms with Crippen LogP contribution in [0.5, 0.6) is 0 Å². The maximum Gasteiger partial charge on any atom is 0.511 e. The third kappa shape index (κ3) is 25.0. The summed E-state index contributed by atoms with van der Waals surface area (Å²) in [6, 6.07) is -3.19. The number of sulfonamides is 6. The minimum absolute atomic E-state index is 0.0557. The van der Waals surface area contributed by atoms with Gasteiger partial charge in [0.15, 0.2) is 0 Å². The van der Waals surface area contributed by atoms with E-state index in [0.29, 0.717) is 116 Å². The summed E-state index contributed by atoms with van der Waals surface area (Å²) in [5.41, 5.74) is -35.4. The van der Waals surface area contributed by atoms with E-state index in [1.54, 1.807) is 18.9 Å². The van der Waals surface area contributed by atoms with E-state index < -0.39 is 199 Å². The van der Waals surface area contributed by atoms with Crippen LogP contribution in [0.4, 0.5) is 79.0 Å². The number of esters is 6. The van der Waals surface area contributed by atoms with E-state index in [1.807, 2.05) is 9.44 Å². The number of carbonyl (C=O) groups excluding carboxylic acids is 6. The highest BCUT2D eigenvalue weighted by Gasteiger charge is 2.66. The molecule has 20 atom stereocenters. The first-order valence-corrected chi connectivity index (χ1v) is 49.2. The number of nitrogens with one attached hydrogen (secondary N) is 6. The van der Waals surface area contributed by atoms with Crippen LogP contribution in [-0.2, 0) is 117 Å². The third-order valence-corrected chi connectivity index (χ3v) is 33.6. The van der Waals surface area contributed by atoms with Gasteiger partial charge in [0.1, 0.15) is 35.6 Å². The number of hydrogen-bond acceptors (Lipinski definition) is 24. The number of fused-ring (bicyclic) bond motifs is 8. The number of carbonyl (C=O) groups is 6. The average Bonchev–Trinajstić information content (AvgIpc) is 1.47. The first-order valence-electron chi connectivity index (χ1n) is 40.3. The summed E-state index contributed by atoms with van der Waals surface area (Å²) in [4.78, 5) is 68.7. The quantitative estimate of drug-likeness (QED) is 0.0226. The molecule has 0 spiro atoms. The second kappa shape index (κ2) is 38.0. The van der Waals surface area contributed by atoms with Gasteiger partial charge in [-0.05, 0) is 221 Å². The third-order valence-electron chi connectivity index (χ3n) is 26.1. The standard InChI is InChI=1S/C15H20F3NO4S.C14H18F3NO4S.2C12H16F3NO4S.2C11H14F3NO4S/c1-9(2)12(20)23-14-6-10-3-11(7-14)5-13(4-10,8-14)19-24(21,22)15(16,17)18;1-2-11(19)22-13-6-9-3-10(7-13)5-12(4-9,8-13)18-23(20,21)14(15,16)17;1-6(2)11(17)20-10-5-7-3-8(10)4-9(7)16-21(18,19)12(13,14)15;1-6(2)11(17)20-10-5-7-3-8(10)9(4-7)16-21(18,19)12(13,14)15;1-2-10(16)19-9-5-6-3-7(9)4-8(6)15-20(17,18)11(12,13)14;1-2-10(16)19-9-5-6-3-7(9)8(4-6)15-20(17,18)11(12,13)14/h10-11,19H,1,3-8H2,2H3;2,9-10,18H,1,3-8H2;2*7-10,16H,1,3-5H2,2H3;2*2,6-9,15H,1,3-5H2. The molecule has 734 valence electrons. The fourth-order valence-corrected chi connectivity index (χ4v) is 27.2. The smallest absolute Gasteiger partial charge is 0.459 e. The Labute approximate surface area is 731 Å². The van der Waals surface area contributed by atoms with Crippen molar-refractivity contribution in [3.8, 4) is 0 Å². The van der Waals surface area contributed by atoms with E-state index in [4.69, 9.17) is 28.4 Å². The van der Waals surface area contributed by atoms with E-state index in [-0.39, 0.29) is 114 Å². The molecule has 16 aliphatic rings. The predicted octanol–water partition coefficient (Wildman–Crippen LogP) is 11.0. The lowest BCUT2D eigenvalue weighted by Crippen LogP contribution is -2.67. The van der Waals surface area contributed by atoms with Gasteiger partial charge in [-0.2, -0.15) is 79.0 Å². The van der Waals surface area contributed by atoms with Crippen molar-refractivity contribution >= 4 is 96.0 Å². The number of ether oxygens (including phenoxy) is 6. The molecule has 20 unspecified atom stereocenters. The Kier molecular flexibility index (Phi) is 31.2. The van der Waals surface area contributed by atoms with Crippen LogP contribution in [0.2, 0.25) is 0 Å². The van der Waals surface area contributed by atoms with Crippen molar-refractivity contribution in [1.29, 1.82) is 0 Å². The first kappa shape index (κ1) is 106. The van der Waals surface area contributed by atoms with Crippen molar-refractivity contribution in [3.63, 3.8) is 0 Å². The van der Waals surface area contributed by atoms with Gasteiger partial charge in [-0.15, -0.1) is 0 Å². The summed E-state index contributed by atoms with van der Waals surface area (Å²) in [6.07, 6.45) is 11.9. The summed E-state index contributed by atoms with van der Waals surface area (Å²) in [5.74, 6) is -4.72. The topological polar surface area (TPSA) is 435 Å². The zero-order valence-electron chi connectivity index (χ0n) is 69.0. The van der Waals surface area contributed by atoms with Gasteiger partial charge in [0.05, 0.1) is 0 Å². The predicted molar refractivity (Wildman–Crippen MR) is 414 cm³/mol. The fourth-order valence-electron chi connectivity index (χ4n) is 22.1. The Balaban J connectivity index is 0.000000175. The lowest BCUT2D eigenvalue weighted by molar-refractivity contribution is -0.187. The molecule has 0 aliphatic heterocycles. The zero-order chi connectivity index (χ0) is 97.3. The minimum atomic E-state index is -5.44. The van der Waals surface area contributed by atoms with Gasteiger partial charge in [-0.1, -0.05) is 39.5 Å². The summed E-state index contributed by atoms with van der Waals surface area (Å²) < 4.78 is 402. The molecule has 0 aromatic rings. The van der Waals surface area contributed by atoms with Crippen molar-refractivity contribution in [2.45, 2.75) is 279 Å². The van der Waals surface area contributed by atoms with Crippen molar-refractivity contribution in [2.24, 2.45) is 71.0 Å². The van der Waals surface area contributed by atoms with E-state index >= 15 is 0 Å².